The summed E-state index contributed by atoms with van der Waals surface area (Å²) in [4.78, 5) is 2.18. The maximum atomic E-state index is 9.21. The Morgan fingerprint density at radius 1 is 1.44 bits per heavy atom. The van der Waals surface area contributed by atoms with Crippen LogP contribution >= 0.6 is 0 Å². The van der Waals surface area contributed by atoms with Gasteiger partial charge in [0.2, 0.25) is 0 Å². The van der Waals surface area contributed by atoms with E-state index >= 15 is 0 Å². The minimum absolute atomic E-state index is 0.0845. The lowest BCUT2D eigenvalue weighted by atomic mass is 9.99. The monoisotopic (exact) mass is 129 g/mol. The summed E-state index contributed by atoms with van der Waals surface area (Å²) in [5.41, 5.74) is 0. The van der Waals surface area contributed by atoms with Crippen molar-refractivity contribution in [3.63, 3.8) is 0 Å². The van der Waals surface area contributed by atoms with Crippen molar-refractivity contribution in [1.82, 2.24) is 4.90 Å². The summed E-state index contributed by atoms with van der Waals surface area (Å²) in [6.07, 6.45) is 0.892. The molecule has 1 aliphatic heterocycles. The van der Waals surface area contributed by atoms with Crippen LogP contribution < -0.4 is 0 Å². The van der Waals surface area contributed by atoms with Gasteiger partial charge in [-0.2, -0.15) is 0 Å². The molecule has 1 saturated heterocycles. The van der Waals surface area contributed by atoms with Gasteiger partial charge in [0.1, 0.15) is 0 Å². The van der Waals surface area contributed by atoms with Gasteiger partial charge in [-0.25, -0.2) is 0 Å². The highest BCUT2D eigenvalue weighted by Gasteiger charge is 2.19. The molecule has 2 atom stereocenters. The van der Waals surface area contributed by atoms with Gasteiger partial charge < -0.3 is 10.0 Å². The van der Waals surface area contributed by atoms with E-state index in [0.29, 0.717) is 5.92 Å². The van der Waals surface area contributed by atoms with Crippen LogP contribution in [0.1, 0.15) is 13.3 Å². The molecular formula is C7H15NO. The quantitative estimate of drug-likeness (QED) is 0.509. The van der Waals surface area contributed by atoms with Crippen LogP contribution in [0.4, 0.5) is 0 Å². The number of hydrogen-bond acceptors (Lipinski definition) is 2. The van der Waals surface area contributed by atoms with Crippen LogP contribution in [-0.2, 0) is 0 Å². The molecule has 0 bridgehead atoms. The van der Waals surface area contributed by atoms with Gasteiger partial charge >= 0.3 is 0 Å². The molecule has 0 aromatic rings. The Morgan fingerprint density at radius 2 is 2.11 bits per heavy atom. The Morgan fingerprint density at radius 3 is 2.56 bits per heavy atom. The van der Waals surface area contributed by atoms with Crippen LogP contribution in [0.15, 0.2) is 0 Å². The highest BCUT2D eigenvalue weighted by Crippen LogP contribution is 2.13. The number of hydrogen-bond donors (Lipinski definition) is 1. The van der Waals surface area contributed by atoms with Crippen LogP contribution in [0.5, 0.6) is 0 Å². The average molecular weight is 129 g/mol. The molecule has 1 aliphatic rings. The van der Waals surface area contributed by atoms with E-state index in [1.54, 1.807) is 0 Å². The second-order valence-corrected chi connectivity index (χ2v) is 3.22. The number of aliphatic hydroxyl groups is 1. The van der Waals surface area contributed by atoms with E-state index in [9.17, 15) is 5.11 Å². The topological polar surface area (TPSA) is 23.5 Å². The zero-order chi connectivity index (χ0) is 6.85. The molecule has 2 nitrogen and oxygen atoms in total. The molecule has 0 spiro atoms. The first-order chi connectivity index (χ1) is 4.18. The standard InChI is InChI=1S/C7H15NO/c1-6-3-7(9)5-8(2)4-6/h6-7,9H,3-5H2,1-2H3/t6-,7+/m0/s1. The van der Waals surface area contributed by atoms with E-state index in [-0.39, 0.29) is 6.10 Å². The average Bonchev–Trinajstić information content (AvgIpc) is 1.59. The lowest BCUT2D eigenvalue weighted by Gasteiger charge is -2.30. The molecule has 2 heteroatoms. The second-order valence-electron chi connectivity index (χ2n) is 3.22. The smallest absolute Gasteiger partial charge is 0.0670 e. The molecule has 0 amide bonds. The molecule has 0 aliphatic carbocycles. The van der Waals surface area contributed by atoms with Crippen molar-refractivity contribution in [2.24, 2.45) is 5.92 Å². The lowest BCUT2D eigenvalue weighted by Crippen LogP contribution is -2.39. The zero-order valence-corrected chi connectivity index (χ0v) is 6.17. The first kappa shape index (κ1) is 7.03. The van der Waals surface area contributed by atoms with E-state index in [2.05, 4.69) is 18.9 Å². The van der Waals surface area contributed by atoms with Crippen LogP contribution in [0.25, 0.3) is 0 Å². The highest BCUT2D eigenvalue weighted by molar-refractivity contribution is 4.73. The molecule has 1 N–H and O–H groups in total. The third-order valence-corrected chi connectivity index (χ3v) is 1.82. The number of β-amino-alcohol motifs (C(OH)–C–C–N with tert-alkyl or cyclic N) is 1. The highest BCUT2D eigenvalue weighted by atomic mass is 16.3. The van der Waals surface area contributed by atoms with Crippen LogP contribution in [-0.4, -0.2) is 36.2 Å². The third-order valence-electron chi connectivity index (χ3n) is 1.82. The fourth-order valence-corrected chi connectivity index (χ4v) is 1.58. The fraction of sp³-hybridized carbons (Fsp3) is 1.00. The molecule has 0 saturated carbocycles. The van der Waals surface area contributed by atoms with Gasteiger partial charge in [-0.3, -0.25) is 0 Å². The first-order valence-electron chi connectivity index (χ1n) is 3.55. The molecule has 1 fully saturated rings. The van der Waals surface area contributed by atoms with Crippen LogP contribution in [0.3, 0.4) is 0 Å². The lowest BCUT2D eigenvalue weighted by molar-refractivity contribution is 0.0582. The normalized spacial score (nSPS) is 39.0. The molecule has 9 heavy (non-hydrogen) atoms. The maximum absolute atomic E-state index is 9.21. The molecule has 0 aromatic carbocycles. The Labute approximate surface area is 56.5 Å². The van der Waals surface area contributed by atoms with Crippen molar-refractivity contribution in [3.05, 3.63) is 0 Å². The van der Waals surface area contributed by atoms with E-state index in [1.165, 1.54) is 0 Å². The number of likely N-dealkylation sites (N-methyl/N-ethyl adjacent to an activating group) is 1. The second kappa shape index (κ2) is 2.67. The van der Waals surface area contributed by atoms with Crippen molar-refractivity contribution in [2.75, 3.05) is 20.1 Å². The molecule has 1 heterocycles. The van der Waals surface area contributed by atoms with Gasteiger partial charge in [-0.1, -0.05) is 6.92 Å². The Hall–Kier alpha value is -0.0800. The number of nitrogens with zero attached hydrogens (tertiary/aromatic N) is 1. The van der Waals surface area contributed by atoms with Crippen molar-refractivity contribution < 1.29 is 5.11 Å². The zero-order valence-electron chi connectivity index (χ0n) is 6.17. The van der Waals surface area contributed by atoms with Gasteiger partial charge in [-0.15, -0.1) is 0 Å². The molecule has 0 aromatic heterocycles. The summed E-state index contributed by atoms with van der Waals surface area (Å²) >= 11 is 0. The van der Waals surface area contributed by atoms with E-state index in [1.807, 2.05) is 0 Å². The van der Waals surface area contributed by atoms with Gasteiger partial charge in [0.05, 0.1) is 6.10 Å². The summed E-state index contributed by atoms with van der Waals surface area (Å²) in [7, 11) is 2.05. The van der Waals surface area contributed by atoms with Crippen molar-refractivity contribution in [1.29, 1.82) is 0 Å². The van der Waals surface area contributed by atoms with Crippen molar-refractivity contribution in [3.8, 4) is 0 Å². The SMILES string of the molecule is C[C@H]1C[C@@H](O)CN(C)C1. The molecule has 54 valence electrons. The predicted octanol–water partition coefficient (Wildman–Crippen LogP) is 0.319. The van der Waals surface area contributed by atoms with Crippen LogP contribution in [0, 0.1) is 5.92 Å². The fourth-order valence-electron chi connectivity index (χ4n) is 1.58. The van der Waals surface area contributed by atoms with E-state index in [0.717, 1.165) is 19.5 Å². The molecule has 0 unspecified atom stereocenters. The number of piperidine rings is 1. The summed E-state index contributed by atoms with van der Waals surface area (Å²) in [5, 5.41) is 9.21. The predicted molar refractivity (Wildman–Crippen MR) is 37.3 cm³/mol. The third kappa shape index (κ3) is 1.95. The minimum atomic E-state index is -0.0845. The number of aliphatic hydroxyl groups excluding tert-OH is 1. The number of likely N-dealkylation sites (tertiary alicyclic amines) is 1. The largest absolute Gasteiger partial charge is 0.392 e. The van der Waals surface area contributed by atoms with Gasteiger partial charge in [0.25, 0.3) is 0 Å². The summed E-state index contributed by atoms with van der Waals surface area (Å²) in [6.45, 7) is 4.17. The minimum Gasteiger partial charge on any atom is -0.392 e. The van der Waals surface area contributed by atoms with Gasteiger partial charge in [-0.05, 0) is 19.4 Å². The van der Waals surface area contributed by atoms with E-state index < -0.39 is 0 Å². The molecule has 1 rings (SSSR count). The molecular weight excluding hydrogens is 114 g/mol. The number of rotatable bonds is 0. The Bertz CT molecular complexity index is 69.9. The van der Waals surface area contributed by atoms with Crippen LogP contribution in [0.2, 0.25) is 0 Å². The van der Waals surface area contributed by atoms with Crippen molar-refractivity contribution in [2.45, 2.75) is 19.4 Å². The van der Waals surface area contributed by atoms with Gasteiger partial charge in [0.15, 0.2) is 0 Å². The summed E-state index contributed by atoms with van der Waals surface area (Å²) in [6, 6.07) is 0. The van der Waals surface area contributed by atoms with E-state index in [4.69, 9.17) is 0 Å². The molecule has 0 radical (unpaired) electrons. The first-order valence-corrected chi connectivity index (χ1v) is 3.55. The Kier molecular flexibility index (Phi) is 2.09. The summed E-state index contributed by atoms with van der Waals surface area (Å²) in [5.74, 6) is 0.666. The van der Waals surface area contributed by atoms with Gasteiger partial charge in [0, 0.05) is 13.1 Å². The Balaban J connectivity index is 2.34. The van der Waals surface area contributed by atoms with Crippen molar-refractivity contribution >= 4 is 0 Å². The maximum Gasteiger partial charge on any atom is 0.0670 e. The summed E-state index contributed by atoms with van der Waals surface area (Å²) < 4.78 is 0.